The summed E-state index contributed by atoms with van der Waals surface area (Å²) in [4.78, 5) is 8.95. The standard InChI is InChI=1S/2C20H14N.2ClH.Zr/c2*1-2-7-15(8-3-1)16-9-6-10-17-18(16)12-13-19(17)20-11-4-5-14-21-20;;;/h2*1-14H;2*1H;/q2*-1;;;+2/p-2. The van der Waals surface area contributed by atoms with Crippen molar-refractivity contribution >= 4 is 21.5 Å². The van der Waals surface area contributed by atoms with Crippen molar-refractivity contribution in [2.45, 2.75) is 0 Å². The van der Waals surface area contributed by atoms with Crippen molar-refractivity contribution in [2.24, 2.45) is 0 Å². The van der Waals surface area contributed by atoms with E-state index in [0.29, 0.717) is 0 Å². The first-order chi connectivity index (χ1) is 20.9. The number of benzene rings is 4. The van der Waals surface area contributed by atoms with Gasteiger partial charge in [-0.2, -0.15) is 0 Å². The molecule has 0 atom stereocenters. The first-order valence-electron chi connectivity index (χ1n) is 14.2. The molecule has 8 rings (SSSR count). The number of halogens is 2. The van der Waals surface area contributed by atoms with Gasteiger partial charge >= 0.3 is 26.2 Å². The molecule has 0 radical (unpaired) electrons. The van der Waals surface area contributed by atoms with Crippen LogP contribution in [0.3, 0.4) is 0 Å². The van der Waals surface area contributed by atoms with Crippen molar-refractivity contribution in [3.05, 3.63) is 170 Å². The van der Waals surface area contributed by atoms with E-state index in [4.69, 9.17) is 0 Å². The van der Waals surface area contributed by atoms with Crippen LogP contribution >= 0.6 is 0 Å². The van der Waals surface area contributed by atoms with Gasteiger partial charge in [0.1, 0.15) is 0 Å². The summed E-state index contributed by atoms with van der Waals surface area (Å²) in [6.45, 7) is 0. The van der Waals surface area contributed by atoms with Crippen LogP contribution in [0.4, 0.5) is 0 Å². The Morgan fingerprint density at radius 1 is 0.378 bits per heavy atom. The molecule has 0 aliphatic rings. The van der Waals surface area contributed by atoms with Gasteiger partial charge in [0.25, 0.3) is 0 Å². The molecule has 0 N–H and O–H groups in total. The van der Waals surface area contributed by atoms with Gasteiger partial charge in [-0.15, -0.1) is 57.9 Å². The van der Waals surface area contributed by atoms with Gasteiger partial charge in [0.15, 0.2) is 0 Å². The molecule has 218 valence electrons. The number of rotatable bonds is 4. The summed E-state index contributed by atoms with van der Waals surface area (Å²) >= 11 is 0. The zero-order valence-corrected chi connectivity index (χ0v) is 28.3. The minimum Gasteiger partial charge on any atom is -1.00 e. The molecular formula is C40H28Cl2N2Zr-2. The van der Waals surface area contributed by atoms with Crippen LogP contribution < -0.4 is 24.8 Å². The predicted molar refractivity (Wildman–Crippen MR) is 176 cm³/mol. The first kappa shape index (κ1) is 33.8. The van der Waals surface area contributed by atoms with Gasteiger partial charge in [0.05, 0.1) is 0 Å². The molecule has 0 spiro atoms. The van der Waals surface area contributed by atoms with Crippen LogP contribution in [0.15, 0.2) is 170 Å². The normalized spacial score (nSPS) is 10.1. The number of hydrogen-bond donors (Lipinski definition) is 0. The third-order valence-corrected chi connectivity index (χ3v) is 7.68. The molecule has 0 saturated heterocycles. The van der Waals surface area contributed by atoms with Gasteiger partial charge in [-0.3, -0.25) is 9.97 Å². The Morgan fingerprint density at radius 2 is 0.778 bits per heavy atom. The fraction of sp³-hybridized carbons (Fsp3) is 0. The molecular weight excluding hydrogens is 671 g/mol. The maximum atomic E-state index is 4.47. The molecule has 2 heterocycles. The number of fused-ring (bicyclic) bond motifs is 2. The third kappa shape index (κ3) is 7.08. The molecule has 0 saturated carbocycles. The van der Waals surface area contributed by atoms with Gasteiger partial charge in [0.2, 0.25) is 0 Å². The maximum Gasteiger partial charge on any atom is 2.00 e. The Kier molecular flexibility index (Phi) is 11.8. The fourth-order valence-corrected chi connectivity index (χ4v) is 5.70. The fourth-order valence-electron chi connectivity index (χ4n) is 5.70. The van der Waals surface area contributed by atoms with E-state index in [9.17, 15) is 0 Å². The van der Waals surface area contributed by atoms with Crippen LogP contribution in [0.5, 0.6) is 0 Å². The Balaban J connectivity index is 0.000000192. The minimum atomic E-state index is 0. The number of nitrogens with zero attached hydrogens (tertiary/aromatic N) is 2. The molecule has 0 aliphatic carbocycles. The van der Waals surface area contributed by atoms with Crippen molar-refractivity contribution in [3.63, 3.8) is 0 Å². The van der Waals surface area contributed by atoms with Crippen molar-refractivity contribution in [3.8, 4) is 44.8 Å². The summed E-state index contributed by atoms with van der Waals surface area (Å²) in [6.07, 6.45) is 3.68. The van der Waals surface area contributed by atoms with Crippen molar-refractivity contribution < 1.29 is 51.0 Å². The molecule has 2 aromatic heterocycles. The monoisotopic (exact) mass is 696 g/mol. The summed E-state index contributed by atoms with van der Waals surface area (Å²) in [5.74, 6) is 0. The topological polar surface area (TPSA) is 25.8 Å². The molecule has 0 bridgehead atoms. The van der Waals surface area contributed by atoms with Crippen LogP contribution in [0.25, 0.3) is 66.3 Å². The largest absolute Gasteiger partial charge is 2.00 e. The SMILES string of the molecule is [Cl-].[Cl-].[Zr+2].c1ccc(-c2cccc3c2cc[c-]3-c2ccccn2)cc1.c1ccc(-c2cccc3c2cc[c-]3-c2ccccn2)cc1. The van der Waals surface area contributed by atoms with E-state index in [-0.39, 0.29) is 51.0 Å². The molecule has 6 aromatic carbocycles. The van der Waals surface area contributed by atoms with Crippen LogP contribution in [-0.4, -0.2) is 9.97 Å². The Bertz CT molecular complexity index is 1920. The summed E-state index contributed by atoms with van der Waals surface area (Å²) in [5.41, 5.74) is 9.50. The van der Waals surface area contributed by atoms with Crippen molar-refractivity contribution in [1.29, 1.82) is 0 Å². The third-order valence-electron chi connectivity index (χ3n) is 7.68. The summed E-state index contributed by atoms with van der Waals surface area (Å²) in [6, 6.07) is 54.8. The molecule has 8 aromatic rings. The van der Waals surface area contributed by atoms with E-state index in [1.165, 1.54) is 54.9 Å². The number of aromatic nitrogens is 2. The van der Waals surface area contributed by atoms with Crippen LogP contribution in [-0.2, 0) is 26.2 Å². The van der Waals surface area contributed by atoms with Crippen molar-refractivity contribution in [1.82, 2.24) is 9.97 Å². The second kappa shape index (κ2) is 15.7. The van der Waals surface area contributed by atoms with E-state index in [1.807, 2.05) is 48.8 Å². The second-order valence-corrected chi connectivity index (χ2v) is 10.2. The molecule has 45 heavy (non-hydrogen) atoms. The average molecular weight is 699 g/mol. The van der Waals surface area contributed by atoms with Gasteiger partial charge < -0.3 is 24.8 Å². The van der Waals surface area contributed by atoms with Gasteiger partial charge in [-0.25, -0.2) is 0 Å². The summed E-state index contributed by atoms with van der Waals surface area (Å²) < 4.78 is 0. The van der Waals surface area contributed by atoms with Crippen molar-refractivity contribution in [2.75, 3.05) is 0 Å². The van der Waals surface area contributed by atoms with E-state index in [2.05, 4.69) is 131 Å². The zero-order valence-electron chi connectivity index (χ0n) is 24.3. The van der Waals surface area contributed by atoms with E-state index >= 15 is 0 Å². The van der Waals surface area contributed by atoms with Gasteiger partial charge in [-0.1, -0.05) is 144 Å². The van der Waals surface area contributed by atoms with Crippen LogP contribution in [0.2, 0.25) is 0 Å². The Morgan fingerprint density at radius 3 is 1.16 bits per heavy atom. The van der Waals surface area contributed by atoms with Crippen LogP contribution in [0, 0.1) is 0 Å². The molecule has 0 unspecified atom stereocenters. The average Bonchev–Trinajstić information content (AvgIpc) is 3.72. The quantitative estimate of drug-likeness (QED) is 0.252. The van der Waals surface area contributed by atoms with E-state index in [0.717, 1.165) is 11.4 Å². The Labute approximate surface area is 295 Å². The summed E-state index contributed by atoms with van der Waals surface area (Å²) in [7, 11) is 0. The van der Waals surface area contributed by atoms with Crippen LogP contribution in [0.1, 0.15) is 0 Å². The number of hydrogen-bond acceptors (Lipinski definition) is 2. The van der Waals surface area contributed by atoms with E-state index < -0.39 is 0 Å². The minimum absolute atomic E-state index is 0. The number of pyridine rings is 2. The smallest absolute Gasteiger partial charge is 1.00 e. The second-order valence-electron chi connectivity index (χ2n) is 10.2. The Hall–Kier alpha value is -4.14. The van der Waals surface area contributed by atoms with Gasteiger partial charge in [0, 0.05) is 23.8 Å². The van der Waals surface area contributed by atoms with E-state index in [1.54, 1.807) is 0 Å². The van der Waals surface area contributed by atoms with Gasteiger partial charge in [-0.05, 0) is 11.1 Å². The molecule has 0 amide bonds. The molecule has 2 nitrogen and oxygen atoms in total. The molecule has 0 fully saturated rings. The predicted octanol–water partition coefficient (Wildman–Crippen LogP) is 4.58. The molecule has 5 heteroatoms. The first-order valence-corrected chi connectivity index (χ1v) is 14.2. The zero-order chi connectivity index (χ0) is 28.1. The summed E-state index contributed by atoms with van der Waals surface area (Å²) in [5, 5.41) is 5.08. The maximum absolute atomic E-state index is 4.47. The molecule has 0 aliphatic heterocycles.